The number of nitrogens with two attached hydrogens (primary N) is 1. The molecule has 0 saturated carbocycles. The molecule has 0 atom stereocenters. The van der Waals surface area contributed by atoms with Crippen LogP contribution < -0.4 is 9.88 Å². The standard InChI is InChI=1S/C9H11NO4S/c1-6-3-8(14-2)7(5-11)4-9(6)15(10,12)13/h3-5H,1-2H3,(H2,10,12,13). The van der Waals surface area contributed by atoms with E-state index in [1.807, 2.05) is 0 Å². The molecule has 0 aromatic heterocycles. The van der Waals surface area contributed by atoms with Gasteiger partial charge in [-0.15, -0.1) is 0 Å². The first-order valence-corrected chi connectivity index (χ1v) is 5.61. The largest absolute Gasteiger partial charge is 0.496 e. The van der Waals surface area contributed by atoms with Crippen LogP contribution in [0.4, 0.5) is 0 Å². The number of carbonyl (C=O) groups excluding carboxylic acids is 1. The van der Waals surface area contributed by atoms with Crippen molar-refractivity contribution in [2.75, 3.05) is 7.11 Å². The highest BCUT2D eigenvalue weighted by molar-refractivity contribution is 7.89. The highest BCUT2D eigenvalue weighted by Gasteiger charge is 2.15. The molecule has 0 aliphatic heterocycles. The predicted molar refractivity (Wildman–Crippen MR) is 54.5 cm³/mol. The van der Waals surface area contributed by atoms with Crippen molar-refractivity contribution in [3.05, 3.63) is 23.3 Å². The van der Waals surface area contributed by atoms with Crippen LogP contribution >= 0.6 is 0 Å². The van der Waals surface area contributed by atoms with Gasteiger partial charge in [0, 0.05) is 0 Å². The number of hydrogen-bond acceptors (Lipinski definition) is 4. The van der Waals surface area contributed by atoms with Crippen molar-refractivity contribution in [1.29, 1.82) is 0 Å². The van der Waals surface area contributed by atoms with Gasteiger partial charge in [-0.25, -0.2) is 13.6 Å². The zero-order valence-corrected chi connectivity index (χ0v) is 9.17. The summed E-state index contributed by atoms with van der Waals surface area (Å²) < 4.78 is 27.2. The van der Waals surface area contributed by atoms with E-state index in [0.29, 0.717) is 17.6 Å². The topological polar surface area (TPSA) is 86.5 Å². The summed E-state index contributed by atoms with van der Waals surface area (Å²) in [6, 6.07) is 2.67. The summed E-state index contributed by atoms with van der Waals surface area (Å²) >= 11 is 0. The highest BCUT2D eigenvalue weighted by Crippen LogP contribution is 2.24. The van der Waals surface area contributed by atoms with Crippen LogP contribution in [0, 0.1) is 6.92 Å². The van der Waals surface area contributed by atoms with Gasteiger partial charge in [-0.05, 0) is 24.6 Å². The average Bonchev–Trinajstić information content (AvgIpc) is 2.15. The van der Waals surface area contributed by atoms with Gasteiger partial charge >= 0.3 is 0 Å². The number of hydrogen-bond donors (Lipinski definition) is 1. The summed E-state index contributed by atoms with van der Waals surface area (Å²) in [5.74, 6) is 0.329. The van der Waals surface area contributed by atoms with Crippen LogP contribution in [0.1, 0.15) is 15.9 Å². The van der Waals surface area contributed by atoms with E-state index in [2.05, 4.69) is 0 Å². The molecule has 6 heteroatoms. The van der Waals surface area contributed by atoms with Crippen molar-refractivity contribution in [3.63, 3.8) is 0 Å². The minimum absolute atomic E-state index is 0.0644. The van der Waals surface area contributed by atoms with Gasteiger partial charge in [0.2, 0.25) is 10.0 Å². The fraction of sp³-hybridized carbons (Fsp3) is 0.222. The molecule has 0 unspecified atom stereocenters. The first-order chi connectivity index (χ1) is 6.90. The third-order valence-electron chi connectivity index (χ3n) is 1.96. The second-order valence-electron chi connectivity index (χ2n) is 3.02. The summed E-state index contributed by atoms with van der Waals surface area (Å²) in [7, 11) is -2.40. The Bertz CT molecular complexity index is 493. The van der Waals surface area contributed by atoms with E-state index in [1.165, 1.54) is 19.2 Å². The van der Waals surface area contributed by atoms with Gasteiger partial charge in [0.15, 0.2) is 6.29 Å². The third kappa shape index (κ3) is 2.34. The van der Waals surface area contributed by atoms with Crippen molar-refractivity contribution in [1.82, 2.24) is 0 Å². The summed E-state index contributed by atoms with van der Waals surface area (Å²) in [5, 5.41) is 4.99. The molecule has 5 nitrogen and oxygen atoms in total. The Kier molecular flexibility index (Phi) is 3.11. The van der Waals surface area contributed by atoms with Crippen LogP contribution in [-0.4, -0.2) is 21.8 Å². The van der Waals surface area contributed by atoms with E-state index in [1.54, 1.807) is 6.92 Å². The molecular formula is C9H11NO4S. The fourth-order valence-corrected chi connectivity index (χ4v) is 2.05. The molecule has 15 heavy (non-hydrogen) atoms. The van der Waals surface area contributed by atoms with Gasteiger partial charge in [-0.1, -0.05) is 0 Å². The molecule has 1 rings (SSSR count). The molecule has 82 valence electrons. The molecule has 0 spiro atoms. The molecular weight excluding hydrogens is 218 g/mol. The van der Waals surface area contributed by atoms with Gasteiger partial charge < -0.3 is 4.74 Å². The quantitative estimate of drug-likeness (QED) is 0.763. The Morgan fingerprint density at radius 3 is 2.40 bits per heavy atom. The molecule has 0 saturated heterocycles. The zero-order valence-electron chi connectivity index (χ0n) is 8.35. The monoisotopic (exact) mass is 229 g/mol. The lowest BCUT2D eigenvalue weighted by Gasteiger charge is -2.08. The number of benzene rings is 1. The molecule has 0 fully saturated rings. The van der Waals surface area contributed by atoms with E-state index in [-0.39, 0.29) is 10.5 Å². The maximum absolute atomic E-state index is 11.1. The Morgan fingerprint density at radius 1 is 1.40 bits per heavy atom. The minimum Gasteiger partial charge on any atom is -0.496 e. The first kappa shape index (κ1) is 11.7. The molecule has 0 heterocycles. The van der Waals surface area contributed by atoms with Gasteiger partial charge in [0.1, 0.15) is 5.75 Å². The summed E-state index contributed by atoms with van der Waals surface area (Å²) in [5.41, 5.74) is 0.604. The van der Waals surface area contributed by atoms with E-state index in [9.17, 15) is 13.2 Å². The summed E-state index contributed by atoms with van der Waals surface area (Å²) in [6.07, 6.45) is 0.521. The van der Waals surface area contributed by atoms with Crippen LogP contribution in [0.5, 0.6) is 5.75 Å². The van der Waals surface area contributed by atoms with Crippen LogP contribution in [0.3, 0.4) is 0 Å². The van der Waals surface area contributed by atoms with Crippen LogP contribution in [-0.2, 0) is 10.0 Å². The van der Waals surface area contributed by atoms with Crippen LogP contribution in [0.25, 0.3) is 0 Å². The lowest BCUT2D eigenvalue weighted by Crippen LogP contribution is -2.14. The highest BCUT2D eigenvalue weighted by atomic mass is 32.2. The SMILES string of the molecule is COc1cc(C)c(S(N)(=O)=O)cc1C=O. The molecule has 1 aromatic carbocycles. The Morgan fingerprint density at radius 2 is 2.00 bits per heavy atom. The maximum Gasteiger partial charge on any atom is 0.238 e. The number of methoxy groups -OCH3 is 1. The fourth-order valence-electron chi connectivity index (χ4n) is 1.25. The van der Waals surface area contributed by atoms with E-state index < -0.39 is 10.0 Å². The Labute approximate surface area is 87.9 Å². The Balaban J connectivity index is 3.53. The molecule has 0 bridgehead atoms. The van der Waals surface area contributed by atoms with Crippen molar-refractivity contribution in [2.45, 2.75) is 11.8 Å². The maximum atomic E-state index is 11.1. The minimum atomic E-state index is -3.81. The number of carbonyl (C=O) groups is 1. The number of primary sulfonamides is 1. The third-order valence-corrected chi connectivity index (χ3v) is 3.01. The molecule has 0 aliphatic carbocycles. The van der Waals surface area contributed by atoms with Crippen molar-refractivity contribution in [3.8, 4) is 5.75 Å². The van der Waals surface area contributed by atoms with Gasteiger partial charge in [-0.2, -0.15) is 0 Å². The van der Waals surface area contributed by atoms with E-state index in [4.69, 9.17) is 9.88 Å². The normalized spacial score (nSPS) is 11.1. The summed E-state index contributed by atoms with van der Waals surface area (Å²) in [4.78, 5) is 10.6. The Hall–Kier alpha value is -1.40. The van der Waals surface area contributed by atoms with Crippen molar-refractivity contribution in [2.24, 2.45) is 5.14 Å². The van der Waals surface area contributed by atoms with Gasteiger partial charge in [-0.3, -0.25) is 4.79 Å². The number of rotatable bonds is 3. The smallest absolute Gasteiger partial charge is 0.238 e. The van der Waals surface area contributed by atoms with Gasteiger partial charge in [0.25, 0.3) is 0 Å². The number of ether oxygens (including phenoxy) is 1. The van der Waals surface area contributed by atoms with E-state index >= 15 is 0 Å². The van der Waals surface area contributed by atoms with Gasteiger partial charge in [0.05, 0.1) is 17.6 Å². The second kappa shape index (κ2) is 4.00. The number of sulfonamides is 1. The molecule has 0 aliphatic rings. The zero-order chi connectivity index (χ0) is 11.6. The molecule has 1 aromatic rings. The van der Waals surface area contributed by atoms with Crippen LogP contribution in [0.15, 0.2) is 17.0 Å². The van der Waals surface area contributed by atoms with Crippen molar-refractivity contribution >= 4 is 16.3 Å². The lowest BCUT2D eigenvalue weighted by molar-refractivity contribution is 0.112. The van der Waals surface area contributed by atoms with Crippen LogP contribution in [0.2, 0.25) is 0 Å². The van der Waals surface area contributed by atoms with E-state index in [0.717, 1.165) is 0 Å². The predicted octanol–water partition coefficient (Wildman–Crippen LogP) is 0.464. The molecule has 0 amide bonds. The number of aldehydes is 1. The lowest BCUT2D eigenvalue weighted by atomic mass is 10.1. The summed E-state index contributed by atoms with van der Waals surface area (Å²) in [6.45, 7) is 1.58. The molecule has 2 N–H and O–H groups in total. The average molecular weight is 229 g/mol. The first-order valence-electron chi connectivity index (χ1n) is 4.06. The molecule has 0 radical (unpaired) electrons. The van der Waals surface area contributed by atoms with Crippen molar-refractivity contribution < 1.29 is 17.9 Å². The second-order valence-corrected chi connectivity index (χ2v) is 4.55. The number of aryl methyl sites for hydroxylation is 1.